The molecular weight excluding hydrogens is 507 g/mol. The van der Waals surface area contributed by atoms with Crippen LogP contribution in [0.5, 0.6) is 0 Å². The normalized spacial score (nSPS) is 16.1. The van der Waals surface area contributed by atoms with Gasteiger partial charge < -0.3 is 13.7 Å². The molecule has 202 valence electrons. The summed E-state index contributed by atoms with van der Waals surface area (Å²) in [6.07, 6.45) is 0. The lowest BCUT2D eigenvalue weighted by Gasteiger charge is -2.32. The minimum Gasteiger partial charge on any atom is -0.456 e. The van der Waals surface area contributed by atoms with Crippen molar-refractivity contribution in [2.45, 2.75) is 45.8 Å². The van der Waals surface area contributed by atoms with Crippen LogP contribution in [0.1, 0.15) is 33.3 Å². The number of furan rings is 1. The van der Waals surface area contributed by atoms with Crippen molar-refractivity contribution in [1.82, 2.24) is 9.97 Å². The molecule has 1 aliphatic heterocycles. The van der Waals surface area contributed by atoms with Crippen LogP contribution in [0.25, 0.3) is 55.8 Å². The largest absolute Gasteiger partial charge is 0.494 e. The van der Waals surface area contributed by atoms with Gasteiger partial charge in [0.1, 0.15) is 11.2 Å². The third-order valence-electron chi connectivity index (χ3n) is 8.37. The van der Waals surface area contributed by atoms with E-state index >= 15 is 0 Å². The monoisotopic (exact) mass is 538 g/mol. The van der Waals surface area contributed by atoms with E-state index in [9.17, 15) is 0 Å². The van der Waals surface area contributed by atoms with E-state index in [4.69, 9.17) is 23.7 Å². The molecule has 0 amide bonds. The lowest BCUT2D eigenvalue weighted by molar-refractivity contribution is 0.00578. The van der Waals surface area contributed by atoms with Crippen LogP contribution < -0.4 is 5.46 Å². The van der Waals surface area contributed by atoms with Gasteiger partial charge in [0.15, 0.2) is 5.82 Å². The highest BCUT2D eigenvalue weighted by molar-refractivity contribution is 6.62. The van der Waals surface area contributed by atoms with Crippen LogP contribution in [0.2, 0.25) is 0 Å². The van der Waals surface area contributed by atoms with E-state index in [1.54, 1.807) is 0 Å². The van der Waals surface area contributed by atoms with Crippen LogP contribution in [-0.4, -0.2) is 28.3 Å². The van der Waals surface area contributed by atoms with E-state index in [1.165, 1.54) is 0 Å². The van der Waals surface area contributed by atoms with Gasteiger partial charge in [-0.1, -0.05) is 72.8 Å². The molecule has 0 atom stereocenters. The molecule has 5 nitrogen and oxygen atoms in total. The number of aromatic nitrogens is 2. The molecule has 1 saturated heterocycles. The van der Waals surface area contributed by atoms with Crippen molar-refractivity contribution in [3.05, 3.63) is 103 Å². The predicted octanol–water partition coefficient (Wildman–Crippen LogP) is 7.98. The molecule has 0 unspecified atom stereocenters. The zero-order chi connectivity index (χ0) is 28.4. The maximum atomic E-state index is 6.40. The van der Waals surface area contributed by atoms with Gasteiger partial charge in [0.2, 0.25) is 0 Å². The lowest BCUT2D eigenvalue weighted by Crippen LogP contribution is -2.41. The molecular formula is C35H31BN2O3. The van der Waals surface area contributed by atoms with E-state index in [0.29, 0.717) is 5.82 Å². The number of fused-ring (bicyclic) bond motifs is 3. The summed E-state index contributed by atoms with van der Waals surface area (Å²) in [5.74, 6) is 0.683. The second-order valence-corrected chi connectivity index (χ2v) is 11.8. The summed E-state index contributed by atoms with van der Waals surface area (Å²) in [4.78, 5) is 10.1. The number of aryl methyl sites for hydroxylation is 1. The number of nitrogens with zero attached hydrogens (tertiary/aromatic N) is 2. The van der Waals surface area contributed by atoms with Gasteiger partial charge in [-0.3, -0.25) is 0 Å². The Bertz CT molecular complexity index is 1840. The molecule has 0 bridgehead atoms. The van der Waals surface area contributed by atoms with Crippen LogP contribution in [-0.2, 0) is 9.31 Å². The van der Waals surface area contributed by atoms with Gasteiger partial charge in [0.25, 0.3) is 0 Å². The summed E-state index contributed by atoms with van der Waals surface area (Å²) in [6, 6.07) is 32.9. The Morgan fingerprint density at radius 1 is 0.634 bits per heavy atom. The van der Waals surface area contributed by atoms with Crippen LogP contribution >= 0.6 is 0 Å². The first-order valence-electron chi connectivity index (χ1n) is 14.0. The van der Waals surface area contributed by atoms with Crippen molar-refractivity contribution in [1.29, 1.82) is 0 Å². The van der Waals surface area contributed by atoms with Gasteiger partial charge in [0, 0.05) is 27.5 Å². The van der Waals surface area contributed by atoms with Crippen LogP contribution in [0.4, 0.5) is 0 Å². The Labute approximate surface area is 240 Å². The average molecular weight is 538 g/mol. The maximum absolute atomic E-state index is 6.40. The van der Waals surface area contributed by atoms with Crippen molar-refractivity contribution in [2.24, 2.45) is 0 Å². The number of hydrogen-bond acceptors (Lipinski definition) is 5. The molecule has 3 heterocycles. The summed E-state index contributed by atoms with van der Waals surface area (Å²) in [5.41, 5.74) is 7.57. The Hall–Kier alpha value is -4.26. The minimum atomic E-state index is -0.461. The van der Waals surface area contributed by atoms with Crippen LogP contribution in [0.3, 0.4) is 0 Å². The highest BCUT2D eigenvalue weighted by atomic mass is 16.7. The van der Waals surface area contributed by atoms with Gasteiger partial charge in [0.05, 0.1) is 22.6 Å². The van der Waals surface area contributed by atoms with E-state index < -0.39 is 18.3 Å². The summed E-state index contributed by atoms with van der Waals surface area (Å²) < 4.78 is 19.2. The second-order valence-electron chi connectivity index (χ2n) is 11.8. The highest BCUT2D eigenvalue weighted by Crippen LogP contribution is 2.40. The minimum absolute atomic E-state index is 0.421. The van der Waals surface area contributed by atoms with Crippen LogP contribution in [0.15, 0.2) is 101 Å². The molecule has 6 aromatic rings. The number of rotatable bonds is 4. The number of hydrogen-bond donors (Lipinski definition) is 0. The lowest BCUT2D eigenvalue weighted by atomic mass is 9.78. The molecule has 0 N–H and O–H groups in total. The van der Waals surface area contributed by atoms with E-state index in [-0.39, 0.29) is 0 Å². The van der Waals surface area contributed by atoms with Crippen molar-refractivity contribution in [3.63, 3.8) is 0 Å². The molecule has 0 spiro atoms. The van der Waals surface area contributed by atoms with Crippen molar-refractivity contribution in [3.8, 4) is 33.9 Å². The van der Waals surface area contributed by atoms with Gasteiger partial charge in [-0.25, -0.2) is 9.97 Å². The maximum Gasteiger partial charge on any atom is 0.494 e. The van der Waals surface area contributed by atoms with Crippen LogP contribution in [0, 0.1) is 6.92 Å². The topological polar surface area (TPSA) is 57.4 Å². The molecule has 6 heteroatoms. The second kappa shape index (κ2) is 9.40. The zero-order valence-corrected chi connectivity index (χ0v) is 23.9. The Kier molecular flexibility index (Phi) is 5.89. The Morgan fingerprint density at radius 3 is 1.95 bits per heavy atom. The number of benzene rings is 4. The van der Waals surface area contributed by atoms with E-state index in [2.05, 4.69) is 71.0 Å². The SMILES string of the molecule is Cc1cc(-c2cc(-c3ccccc3)nc(-c3ccccc3)n2)c2c(c1)oc1ccc(B3OC(C)(C)C(C)(C)O3)cc12. The fraction of sp³-hybridized carbons (Fsp3) is 0.200. The molecule has 2 aromatic heterocycles. The van der Waals surface area contributed by atoms with Gasteiger partial charge in [-0.05, 0) is 69.9 Å². The smallest absolute Gasteiger partial charge is 0.456 e. The molecule has 1 fully saturated rings. The summed E-state index contributed by atoms with van der Waals surface area (Å²) in [7, 11) is -0.461. The summed E-state index contributed by atoms with van der Waals surface area (Å²) in [6.45, 7) is 10.4. The van der Waals surface area contributed by atoms with Crippen molar-refractivity contribution < 1.29 is 13.7 Å². The first-order valence-corrected chi connectivity index (χ1v) is 14.0. The van der Waals surface area contributed by atoms with E-state index in [1.807, 2.05) is 60.7 Å². The molecule has 7 rings (SSSR count). The average Bonchev–Trinajstić information content (AvgIpc) is 3.44. The molecule has 1 aliphatic rings. The summed E-state index contributed by atoms with van der Waals surface area (Å²) >= 11 is 0. The fourth-order valence-corrected chi connectivity index (χ4v) is 5.45. The first kappa shape index (κ1) is 25.7. The Morgan fingerprint density at radius 2 is 1.27 bits per heavy atom. The highest BCUT2D eigenvalue weighted by Gasteiger charge is 2.51. The molecule has 41 heavy (non-hydrogen) atoms. The standard InChI is InChI=1S/C35H31BN2O3/c1-22-18-26(29-21-28(23-12-8-6-9-13-23)37-33(38-29)24-14-10-7-11-15-24)32-27-20-25(16-17-30(27)39-31(32)19-22)36-40-34(2,3)35(4,5)41-36/h6-21H,1-5H3. The molecule has 4 aromatic carbocycles. The Balaban J connectivity index is 1.45. The van der Waals surface area contributed by atoms with Crippen molar-refractivity contribution >= 4 is 34.5 Å². The van der Waals surface area contributed by atoms with Gasteiger partial charge in [-0.15, -0.1) is 0 Å². The molecule has 0 aliphatic carbocycles. The summed E-state index contributed by atoms with van der Waals surface area (Å²) in [5, 5.41) is 2.02. The van der Waals surface area contributed by atoms with E-state index in [0.717, 1.165) is 61.0 Å². The third-order valence-corrected chi connectivity index (χ3v) is 8.37. The quantitative estimate of drug-likeness (QED) is 0.213. The fourth-order valence-electron chi connectivity index (χ4n) is 5.45. The molecule has 0 radical (unpaired) electrons. The predicted molar refractivity (Wildman–Crippen MR) is 166 cm³/mol. The first-order chi connectivity index (χ1) is 19.7. The molecule has 0 saturated carbocycles. The van der Waals surface area contributed by atoms with Gasteiger partial charge in [-0.2, -0.15) is 0 Å². The van der Waals surface area contributed by atoms with Crippen molar-refractivity contribution in [2.75, 3.05) is 0 Å². The third kappa shape index (κ3) is 4.44. The van der Waals surface area contributed by atoms with Gasteiger partial charge >= 0.3 is 7.12 Å². The zero-order valence-electron chi connectivity index (χ0n) is 23.9.